The van der Waals surface area contributed by atoms with E-state index < -0.39 is 12.2 Å². The van der Waals surface area contributed by atoms with Crippen molar-refractivity contribution in [2.75, 3.05) is 19.8 Å². The Balaban J connectivity index is 1.73. The van der Waals surface area contributed by atoms with E-state index in [-0.39, 0.29) is 36.2 Å². The molecule has 5 nitrogen and oxygen atoms in total. The lowest BCUT2D eigenvalue weighted by atomic mass is 9.90. The summed E-state index contributed by atoms with van der Waals surface area (Å²) in [4.78, 5) is 0. The van der Waals surface area contributed by atoms with E-state index in [9.17, 15) is 15.3 Å². The van der Waals surface area contributed by atoms with Crippen molar-refractivity contribution in [1.82, 2.24) is 0 Å². The first-order chi connectivity index (χ1) is 13.5. The van der Waals surface area contributed by atoms with Gasteiger partial charge in [0.25, 0.3) is 0 Å². The number of aliphatic hydroxyl groups excluding tert-OH is 4. The van der Waals surface area contributed by atoms with Crippen molar-refractivity contribution in [3.63, 3.8) is 0 Å². The Kier molecular flexibility index (Phi) is 7.37. The minimum atomic E-state index is -0.860. The Morgan fingerprint density at radius 2 is 1.71 bits per heavy atom. The number of rotatable bonds is 7. The monoisotopic (exact) mass is 404 g/mol. The zero-order valence-electron chi connectivity index (χ0n) is 15.9. The number of thioether (sulfide) groups is 1. The average Bonchev–Trinajstić information content (AvgIpc) is 2.72. The zero-order valence-corrected chi connectivity index (χ0v) is 16.8. The molecule has 0 radical (unpaired) electrons. The second-order valence-electron chi connectivity index (χ2n) is 7.26. The van der Waals surface area contributed by atoms with E-state index >= 15 is 0 Å². The van der Waals surface area contributed by atoms with E-state index in [1.165, 1.54) is 11.8 Å². The molecule has 1 fully saturated rings. The molecular formula is C22H28O5S. The standard InChI is InChI=1S/C22H28O5S/c1-14-19(13-24)28-22(21(26)20(14)25)17-4-2-3-16(12-17)11-15-5-7-18(8-6-15)27-10-9-23/h2-8,12,14,19-26H,9-11,13H2,1H3/t14-,19-,20+,21-,22+/m1/s1. The quantitative estimate of drug-likeness (QED) is 0.565. The van der Waals surface area contributed by atoms with Gasteiger partial charge in [0.1, 0.15) is 12.4 Å². The first kappa shape index (κ1) is 21.1. The Morgan fingerprint density at radius 1 is 0.964 bits per heavy atom. The fraction of sp³-hybridized carbons (Fsp3) is 0.455. The highest BCUT2D eigenvalue weighted by atomic mass is 32.2. The van der Waals surface area contributed by atoms with Crippen LogP contribution in [0.15, 0.2) is 48.5 Å². The first-order valence-corrected chi connectivity index (χ1v) is 10.5. The van der Waals surface area contributed by atoms with Gasteiger partial charge in [-0.05, 0) is 41.2 Å². The van der Waals surface area contributed by atoms with Crippen molar-refractivity contribution >= 4 is 11.8 Å². The number of hydrogen-bond donors (Lipinski definition) is 4. The molecule has 4 N–H and O–H groups in total. The fourth-order valence-corrected chi connectivity index (χ4v) is 5.07. The topological polar surface area (TPSA) is 90.2 Å². The average molecular weight is 405 g/mol. The van der Waals surface area contributed by atoms with Crippen LogP contribution in [0.4, 0.5) is 0 Å². The van der Waals surface area contributed by atoms with Crippen LogP contribution in [0.2, 0.25) is 0 Å². The Morgan fingerprint density at radius 3 is 2.39 bits per heavy atom. The minimum Gasteiger partial charge on any atom is -0.491 e. The highest BCUT2D eigenvalue weighted by molar-refractivity contribution is 8.00. The number of aliphatic hydroxyl groups is 4. The minimum absolute atomic E-state index is 0.00974. The van der Waals surface area contributed by atoms with Crippen LogP contribution in [0, 0.1) is 5.92 Å². The van der Waals surface area contributed by atoms with Crippen LogP contribution in [0.3, 0.4) is 0 Å². The van der Waals surface area contributed by atoms with Gasteiger partial charge in [0.05, 0.1) is 30.7 Å². The van der Waals surface area contributed by atoms with Gasteiger partial charge in [0.2, 0.25) is 0 Å². The van der Waals surface area contributed by atoms with Crippen molar-refractivity contribution in [3.8, 4) is 5.75 Å². The number of hydrogen-bond acceptors (Lipinski definition) is 6. The van der Waals surface area contributed by atoms with Crippen LogP contribution in [0.25, 0.3) is 0 Å². The van der Waals surface area contributed by atoms with E-state index in [0.29, 0.717) is 0 Å². The summed E-state index contributed by atoms with van der Waals surface area (Å²) in [6.07, 6.45) is -0.969. The van der Waals surface area contributed by atoms with Crippen LogP contribution in [-0.4, -0.2) is 57.7 Å². The molecule has 3 rings (SSSR count). The predicted octanol–water partition coefficient (Wildman–Crippen LogP) is 2.16. The summed E-state index contributed by atoms with van der Waals surface area (Å²) in [6.45, 7) is 2.12. The predicted molar refractivity (Wildman–Crippen MR) is 111 cm³/mol. The third-order valence-electron chi connectivity index (χ3n) is 5.26. The summed E-state index contributed by atoms with van der Waals surface area (Å²) < 4.78 is 5.39. The summed E-state index contributed by atoms with van der Waals surface area (Å²) >= 11 is 1.53. The molecule has 28 heavy (non-hydrogen) atoms. The van der Waals surface area contributed by atoms with Crippen LogP contribution >= 0.6 is 11.8 Å². The van der Waals surface area contributed by atoms with Gasteiger partial charge in [0.15, 0.2) is 0 Å². The molecule has 1 aliphatic rings. The highest BCUT2D eigenvalue weighted by Crippen LogP contribution is 2.45. The molecule has 1 aliphatic heterocycles. The maximum Gasteiger partial charge on any atom is 0.119 e. The first-order valence-electron chi connectivity index (χ1n) is 9.57. The molecule has 5 atom stereocenters. The molecule has 0 saturated carbocycles. The largest absolute Gasteiger partial charge is 0.491 e. The Hall–Kier alpha value is -1.57. The summed E-state index contributed by atoms with van der Waals surface area (Å²) in [6, 6.07) is 15.8. The molecule has 2 aromatic carbocycles. The van der Waals surface area contributed by atoms with E-state index in [2.05, 4.69) is 6.07 Å². The van der Waals surface area contributed by atoms with Gasteiger partial charge in [0, 0.05) is 5.25 Å². The molecular weight excluding hydrogens is 376 g/mol. The van der Waals surface area contributed by atoms with Crippen LogP contribution in [0.5, 0.6) is 5.75 Å². The highest BCUT2D eigenvalue weighted by Gasteiger charge is 2.42. The molecule has 0 aliphatic carbocycles. The third-order valence-corrected chi connectivity index (χ3v) is 7.03. The van der Waals surface area contributed by atoms with E-state index in [1.807, 2.05) is 49.4 Å². The van der Waals surface area contributed by atoms with Gasteiger partial charge in [-0.3, -0.25) is 0 Å². The number of ether oxygens (including phenoxy) is 1. The molecule has 0 spiro atoms. The smallest absolute Gasteiger partial charge is 0.119 e. The third kappa shape index (κ3) is 4.88. The molecule has 1 saturated heterocycles. The van der Waals surface area contributed by atoms with E-state index in [0.717, 1.165) is 28.9 Å². The van der Waals surface area contributed by atoms with Gasteiger partial charge in [-0.2, -0.15) is 0 Å². The van der Waals surface area contributed by atoms with Crippen molar-refractivity contribution in [1.29, 1.82) is 0 Å². The summed E-state index contributed by atoms with van der Waals surface area (Å²) in [7, 11) is 0. The Bertz CT molecular complexity index is 749. The van der Waals surface area contributed by atoms with Crippen molar-refractivity contribution < 1.29 is 25.2 Å². The summed E-state index contributed by atoms with van der Waals surface area (Å²) in [5, 5.41) is 39.0. The van der Waals surface area contributed by atoms with Crippen molar-refractivity contribution in [2.24, 2.45) is 5.92 Å². The lowest BCUT2D eigenvalue weighted by Gasteiger charge is -2.40. The van der Waals surface area contributed by atoms with Gasteiger partial charge < -0.3 is 25.2 Å². The summed E-state index contributed by atoms with van der Waals surface area (Å²) in [5.41, 5.74) is 3.21. The van der Waals surface area contributed by atoms with Crippen LogP contribution in [-0.2, 0) is 6.42 Å². The molecule has 0 aromatic heterocycles. The molecule has 2 aromatic rings. The molecule has 152 valence electrons. The molecule has 1 heterocycles. The molecule has 0 bridgehead atoms. The van der Waals surface area contributed by atoms with Crippen molar-refractivity contribution in [2.45, 2.75) is 36.1 Å². The lowest BCUT2D eigenvalue weighted by molar-refractivity contribution is -0.0239. The normalized spacial score (nSPS) is 27.5. The zero-order chi connectivity index (χ0) is 20.1. The SMILES string of the molecule is C[C@H]1[C@H](O)[C@@H](O)[C@H](c2cccc(Cc3ccc(OCCO)cc3)c2)S[C@@H]1CO. The van der Waals surface area contributed by atoms with Gasteiger partial charge in [-0.25, -0.2) is 0 Å². The summed E-state index contributed by atoms with van der Waals surface area (Å²) in [5.74, 6) is 0.572. The van der Waals surface area contributed by atoms with E-state index in [1.54, 1.807) is 0 Å². The fourth-order valence-electron chi connectivity index (χ4n) is 3.57. The van der Waals surface area contributed by atoms with Crippen molar-refractivity contribution in [3.05, 3.63) is 65.2 Å². The van der Waals surface area contributed by atoms with Crippen LogP contribution in [0.1, 0.15) is 28.9 Å². The second-order valence-corrected chi connectivity index (χ2v) is 8.64. The number of benzene rings is 2. The maximum atomic E-state index is 10.6. The van der Waals surface area contributed by atoms with Gasteiger partial charge >= 0.3 is 0 Å². The maximum absolute atomic E-state index is 10.6. The lowest BCUT2D eigenvalue weighted by Crippen LogP contribution is -2.46. The second kappa shape index (κ2) is 9.76. The van der Waals surface area contributed by atoms with Crippen LogP contribution < -0.4 is 4.74 Å². The molecule has 0 amide bonds. The van der Waals surface area contributed by atoms with E-state index in [4.69, 9.17) is 9.84 Å². The molecule has 0 unspecified atom stereocenters. The Labute approximate surface area is 170 Å². The van der Waals surface area contributed by atoms with Gasteiger partial charge in [-0.1, -0.05) is 43.3 Å². The van der Waals surface area contributed by atoms with Gasteiger partial charge in [-0.15, -0.1) is 11.8 Å². The molecule has 6 heteroatoms.